The first-order chi connectivity index (χ1) is 11.1. The molecule has 0 saturated carbocycles. The molecule has 0 aliphatic rings. The monoisotopic (exact) mass is 369 g/mol. The molecule has 0 unspecified atom stereocenters. The van der Waals surface area contributed by atoms with Gasteiger partial charge in [-0.15, -0.1) is 5.10 Å². The smallest absolute Gasteiger partial charge is 0.251 e. The average molecular weight is 370 g/mol. The molecular weight excluding hydrogens is 354 g/mol. The molecule has 0 fully saturated rings. The Balaban J connectivity index is 1.85. The van der Waals surface area contributed by atoms with Crippen LogP contribution < -0.4 is 10.2 Å². The first kappa shape index (κ1) is 15.4. The molecule has 0 atom stereocenters. The van der Waals surface area contributed by atoms with Gasteiger partial charge in [-0.2, -0.15) is 10.1 Å². The van der Waals surface area contributed by atoms with Gasteiger partial charge in [0.1, 0.15) is 0 Å². The zero-order chi connectivity index (χ0) is 16.2. The molecule has 0 amide bonds. The summed E-state index contributed by atoms with van der Waals surface area (Å²) in [6.07, 6.45) is 1.61. The van der Waals surface area contributed by atoms with E-state index in [4.69, 9.17) is 0 Å². The van der Waals surface area contributed by atoms with Crippen molar-refractivity contribution >= 4 is 39.1 Å². The number of aromatic nitrogens is 3. The molecule has 0 aliphatic heterocycles. The normalized spacial score (nSPS) is 10.4. The van der Waals surface area contributed by atoms with E-state index in [9.17, 15) is 0 Å². The molecule has 0 bridgehead atoms. The number of benzene rings is 2. The lowest BCUT2D eigenvalue weighted by molar-refractivity contribution is 0.932. The number of nitrogens with zero attached hydrogens (tertiary/aromatic N) is 4. The molecule has 2 aromatic carbocycles. The van der Waals surface area contributed by atoms with Gasteiger partial charge in [0.15, 0.2) is 5.82 Å². The topological polar surface area (TPSA) is 53.9 Å². The van der Waals surface area contributed by atoms with Crippen LogP contribution in [0.15, 0.2) is 59.2 Å². The Labute approximate surface area is 143 Å². The summed E-state index contributed by atoms with van der Waals surface area (Å²) < 4.78 is 0.981. The van der Waals surface area contributed by atoms with Gasteiger partial charge in [0.2, 0.25) is 0 Å². The highest BCUT2D eigenvalue weighted by molar-refractivity contribution is 9.10. The third-order valence-corrected chi connectivity index (χ3v) is 4.03. The summed E-state index contributed by atoms with van der Waals surface area (Å²) in [4.78, 5) is 6.42. The summed E-state index contributed by atoms with van der Waals surface area (Å²) in [5.74, 6) is 1.17. The molecule has 0 radical (unpaired) electrons. The van der Waals surface area contributed by atoms with E-state index in [0.29, 0.717) is 11.8 Å². The van der Waals surface area contributed by atoms with Crippen LogP contribution in [-0.2, 0) is 0 Å². The molecule has 0 aliphatic carbocycles. The van der Waals surface area contributed by atoms with Gasteiger partial charge in [0.25, 0.3) is 5.95 Å². The van der Waals surface area contributed by atoms with Gasteiger partial charge in [-0.1, -0.05) is 24.3 Å². The quantitative estimate of drug-likeness (QED) is 0.735. The van der Waals surface area contributed by atoms with Crippen LogP contribution in [0, 0.1) is 6.92 Å². The highest BCUT2D eigenvalue weighted by Gasteiger charge is 2.09. The molecule has 5 nitrogen and oxygen atoms in total. The third kappa shape index (κ3) is 3.65. The Kier molecular flexibility index (Phi) is 4.52. The lowest BCUT2D eigenvalue weighted by Gasteiger charge is -2.17. The summed E-state index contributed by atoms with van der Waals surface area (Å²) in [6, 6.07) is 16.0. The molecule has 0 saturated heterocycles. The lowest BCUT2D eigenvalue weighted by atomic mass is 10.2. The van der Waals surface area contributed by atoms with Crippen LogP contribution in [0.5, 0.6) is 0 Å². The van der Waals surface area contributed by atoms with E-state index in [1.165, 1.54) is 5.56 Å². The van der Waals surface area contributed by atoms with Gasteiger partial charge in [0, 0.05) is 17.2 Å². The van der Waals surface area contributed by atoms with Crippen molar-refractivity contribution in [3.8, 4) is 0 Å². The Morgan fingerprint density at radius 2 is 1.87 bits per heavy atom. The highest BCUT2D eigenvalue weighted by Crippen LogP contribution is 2.26. The number of hydrogen-bond acceptors (Lipinski definition) is 5. The summed E-state index contributed by atoms with van der Waals surface area (Å²) in [5, 5.41) is 11.4. The first-order valence-corrected chi connectivity index (χ1v) is 7.94. The maximum absolute atomic E-state index is 4.53. The van der Waals surface area contributed by atoms with Crippen LogP contribution in [0.3, 0.4) is 0 Å². The second-order valence-electron chi connectivity index (χ2n) is 5.14. The molecule has 1 N–H and O–H groups in total. The number of para-hydroxylation sites is 1. The summed E-state index contributed by atoms with van der Waals surface area (Å²) >= 11 is 3.55. The van der Waals surface area contributed by atoms with E-state index in [-0.39, 0.29) is 0 Å². The van der Waals surface area contributed by atoms with Gasteiger partial charge in [0.05, 0.1) is 11.9 Å². The number of hydrogen-bond donors (Lipinski definition) is 1. The number of rotatable bonds is 4. The zero-order valence-corrected chi connectivity index (χ0v) is 14.4. The summed E-state index contributed by atoms with van der Waals surface area (Å²) in [6.45, 7) is 2.05. The SMILES string of the molecule is Cc1ccc(Nc2cnnc(N(C)c3ccccc3)n2)c(Br)c1. The van der Waals surface area contributed by atoms with Crippen LogP contribution in [0.4, 0.5) is 23.1 Å². The van der Waals surface area contributed by atoms with Crippen molar-refractivity contribution in [2.24, 2.45) is 0 Å². The number of anilines is 4. The van der Waals surface area contributed by atoms with Gasteiger partial charge in [-0.3, -0.25) is 0 Å². The molecule has 0 spiro atoms. The Morgan fingerprint density at radius 1 is 1.09 bits per heavy atom. The maximum atomic E-state index is 4.53. The number of halogens is 1. The second-order valence-corrected chi connectivity index (χ2v) is 6.00. The van der Waals surface area contributed by atoms with E-state index in [1.54, 1.807) is 6.20 Å². The maximum Gasteiger partial charge on any atom is 0.251 e. The number of aryl methyl sites for hydroxylation is 1. The van der Waals surface area contributed by atoms with Crippen molar-refractivity contribution in [2.75, 3.05) is 17.3 Å². The standard InChI is InChI=1S/C17H16BrN5/c1-12-8-9-15(14(18)10-12)20-16-11-19-22-17(21-16)23(2)13-6-4-3-5-7-13/h3-11H,1-2H3,(H,20,21,22). The van der Waals surface area contributed by atoms with Crippen molar-refractivity contribution in [3.05, 3.63) is 64.8 Å². The van der Waals surface area contributed by atoms with Gasteiger partial charge in [-0.25, -0.2) is 0 Å². The molecule has 6 heteroatoms. The van der Waals surface area contributed by atoms with Crippen LogP contribution >= 0.6 is 15.9 Å². The molecule has 3 aromatic rings. The summed E-state index contributed by atoms with van der Waals surface area (Å²) in [5.41, 5.74) is 3.13. The fourth-order valence-electron chi connectivity index (χ4n) is 2.12. The molecule has 3 rings (SSSR count). The van der Waals surface area contributed by atoms with E-state index < -0.39 is 0 Å². The minimum absolute atomic E-state index is 0.532. The largest absolute Gasteiger partial charge is 0.338 e. The van der Waals surface area contributed by atoms with Crippen LogP contribution in [0.2, 0.25) is 0 Å². The molecule has 116 valence electrons. The molecule has 1 heterocycles. The predicted octanol–water partition coefficient (Wildman–Crippen LogP) is 4.45. The fraction of sp³-hybridized carbons (Fsp3) is 0.118. The van der Waals surface area contributed by atoms with Crippen LogP contribution in [-0.4, -0.2) is 22.2 Å². The van der Waals surface area contributed by atoms with Gasteiger partial charge in [-0.05, 0) is 52.7 Å². The molecule has 1 aromatic heterocycles. The van der Waals surface area contributed by atoms with Crippen molar-refractivity contribution in [2.45, 2.75) is 6.92 Å². The second kappa shape index (κ2) is 6.75. The first-order valence-electron chi connectivity index (χ1n) is 7.15. The van der Waals surface area contributed by atoms with Crippen LogP contribution in [0.25, 0.3) is 0 Å². The fourth-order valence-corrected chi connectivity index (χ4v) is 2.72. The Bertz CT molecular complexity index is 807. The third-order valence-electron chi connectivity index (χ3n) is 3.38. The predicted molar refractivity (Wildman–Crippen MR) is 96.5 cm³/mol. The lowest BCUT2D eigenvalue weighted by Crippen LogP contribution is -2.14. The molecule has 23 heavy (non-hydrogen) atoms. The molecular formula is C17H16BrN5. The Hall–Kier alpha value is -2.47. The summed E-state index contributed by atoms with van der Waals surface area (Å²) in [7, 11) is 1.91. The van der Waals surface area contributed by atoms with E-state index in [2.05, 4.69) is 36.4 Å². The Morgan fingerprint density at radius 3 is 2.61 bits per heavy atom. The van der Waals surface area contributed by atoms with Gasteiger partial charge >= 0.3 is 0 Å². The highest BCUT2D eigenvalue weighted by atomic mass is 79.9. The van der Waals surface area contributed by atoms with E-state index >= 15 is 0 Å². The van der Waals surface area contributed by atoms with E-state index in [0.717, 1.165) is 15.8 Å². The van der Waals surface area contributed by atoms with Crippen molar-refractivity contribution < 1.29 is 0 Å². The van der Waals surface area contributed by atoms with Crippen molar-refractivity contribution in [1.82, 2.24) is 15.2 Å². The van der Waals surface area contributed by atoms with Crippen molar-refractivity contribution in [1.29, 1.82) is 0 Å². The number of nitrogens with one attached hydrogen (secondary N) is 1. The minimum Gasteiger partial charge on any atom is -0.338 e. The minimum atomic E-state index is 0.532. The van der Waals surface area contributed by atoms with E-state index in [1.807, 2.05) is 67.4 Å². The van der Waals surface area contributed by atoms with Crippen LogP contribution in [0.1, 0.15) is 5.56 Å². The zero-order valence-electron chi connectivity index (χ0n) is 12.9. The van der Waals surface area contributed by atoms with Crippen molar-refractivity contribution in [3.63, 3.8) is 0 Å². The van der Waals surface area contributed by atoms with Gasteiger partial charge < -0.3 is 10.2 Å². The average Bonchev–Trinajstić information content (AvgIpc) is 2.58.